The number of nitrogens with one attached hydrogen (secondary N) is 1. The third kappa shape index (κ3) is 3.91. The molecule has 1 aliphatic rings. The van der Waals surface area contributed by atoms with Crippen LogP contribution in [0.4, 0.5) is 0 Å². The summed E-state index contributed by atoms with van der Waals surface area (Å²) >= 11 is 0. The summed E-state index contributed by atoms with van der Waals surface area (Å²) in [5, 5.41) is 2.95. The summed E-state index contributed by atoms with van der Waals surface area (Å²) in [4.78, 5) is 14.2. The van der Waals surface area contributed by atoms with Crippen molar-refractivity contribution in [3.63, 3.8) is 0 Å². The maximum atomic E-state index is 12.0. The third-order valence-corrected chi connectivity index (χ3v) is 4.08. The topological polar surface area (TPSA) is 50.8 Å². The first-order valence-corrected chi connectivity index (χ1v) is 7.92. The Labute approximate surface area is 132 Å². The molecule has 1 fully saturated rings. The summed E-state index contributed by atoms with van der Waals surface area (Å²) in [5.41, 5.74) is 1.13. The fourth-order valence-corrected chi connectivity index (χ4v) is 2.97. The number of methoxy groups -OCH3 is 2. The van der Waals surface area contributed by atoms with Crippen LogP contribution in [0.25, 0.3) is 0 Å². The molecule has 1 aliphatic heterocycles. The Morgan fingerprint density at radius 1 is 1.36 bits per heavy atom. The first-order chi connectivity index (χ1) is 10.7. The Morgan fingerprint density at radius 3 is 2.86 bits per heavy atom. The van der Waals surface area contributed by atoms with Gasteiger partial charge in [-0.05, 0) is 31.9 Å². The van der Waals surface area contributed by atoms with Gasteiger partial charge < -0.3 is 14.8 Å². The number of nitrogens with zero attached hydrogens (tertiary/aromatic N) is 1. The van der Waals surface area contributed by atoms with Crippen LogP contribution in [0.1, 0.15) is 37.8 Å². The fraction of sp³-hybridized carbons (Fsp3) is 0.588. The summed E-state index contributed by atoms with van der Waals surface area (Å²) in [6, 6.07) is 6.13. The molecule has 0 spiro atoms. The molecule has 2 rings (SSSR count). The lowest BCUT2D eigenvalue weighted by atomic mass is 10.0. The van der Waals surface area contributed by atoms with Crippen molar-refractivity contribution in [2.45, 2.75) is 32.2 Å². The molecule has 122 valence electrons. The molecule has 5 nitrogen and oxygen atoms in total. The monoisotopic (exact) mass is 306 g/mol. The van der Waals surface area contributed by atoms with Crippen LogP contribution in [0, 0.1) is 0 Å². The summed E-state index contributed by atoms with van der Waals surface area (Å²) in [7, 11) is 3.32. The average molecular weight is 306 g/mol. The van der Waals surface area contributed by atoms with Gasteiger partial charge in [0.15, 0.2) is 0 Å². The predicted octanol–water partition coefficient (Wildman–Crippen LogP) is 2.37. The van der Waals surface area contributed by atoms with Gasteiger partial charge in [0, 0.05) is 24.2 Å². The van der Waals surface area contributed by atoms with Crippen molar-refractivity contribution < 1.29 is 14.3 Å². The minimum absolute atomic E-state index is 0.0984. The molecule has 1 atom stereocenters. The predicted molar refractivity (Wildman–Crippen MR) is 86.4 cm³/mol. The van der Waals surface area contributed by atoms with Crippen LogP contribution in [0.2, 0.25) is 0 Å². The molecule has 0 aromatic heterocycles. The van der Waals surface area contributed by atoms with Crippen molar-refractivity contribution in [1.29, 1.82) is 0 Å². The highest BCUT2D eigenvalue weighted by atomic mass is 16.5. The van der Waals surface area contributed by atoms with Gasteiger partial charge in [-0.1, -0.05) is 13.0 Å². The van der Waals surface area contributed by atoms with E-state index in [4.69, 9.17) is 9.47 Å². The Bertz CT molecular complexity index is 505. The smallest absolute Gasteiger partial charge is 0.234 e. The number of ether oxygens (including phenoxy) is 2. The van der Waals surface area contributed by atoms with E-state index >= 15 is 0 Å². The van der Waals surface area contributed by atoms with Gasteiger partial charge in [0.05, 0.1) is 20.8 Å². The van der Waals surface area contributed by atoms with Crippen LogP contribution in [0.5, 0.6) is 11.5 Å². The molecule has 1 aromatic rings. The van der Waals surface area contributed by atoms with Crippen molar-refractivity contribution in [1.82, 2.24) is 10.2 Å². The number of hydrogen-bond donors (Lipinski definition) is 1. The van der Waals surface area contributed by atoms with Gasteiger partial charge in [0.1, 0.15) is 11.5 Å². The molecule has 1 N–H and O–H groups in total. The van der Waals surface area contributed by atoms with Crippen LogP contribution in [0.15, 0.2) is 18.2 Å². The zero-order valence-corrected chi connectivity index (χ0v) is 13.7. The SMILES string of the molecule is CCCNC(=O)CN1CCCC1c1ccc(OC)cc1OC. The summed E-state index contributed by atoms with van der Waals surface area (Å²) < 4.78 is 10.8. The second-order valence-corrected chi connectivity index (χ2v) is 5.59. The second kappa shape index (κ2) is 8.03. The van der Waals surface area contributed by atoms with E-state index < -0.39 is 0 Å². The number of amides is 1. The highest BCUT2D eigenvalue weighted by Gasteiger charge is 2.29. The molecule has 1 unspecified atom stereocenters. The lowest BCUT2D eigenvalue weighted by Crippen LogP contribution is -2.37. The molecule has 0 radical (unpaired) electrons. The Kier molecular flexibility index (Phi) is 6.07. The van der Waals surface area contributed by atoms with E-state index in [9.17, 15) is 4.79 Å². The number of carbonyl (C=O) groups excluding carboxylic acids is 1. The van der Waals surface area contributed by atoms with Gasteiger partial charge >= 0.3 is 0 Å². The van der Waals surface area contributed by atoms with Gasteiger partial charge in [-0.3, -0.25) is 9.69 Å². The minimum Gasteiger partial charge on any atom is -0.497 e. The van der Waals surface area contributed by atoms with Gasteiger partial charge in [0.25, 0.3) is 0 Å². The zero-order chi connectivity index (χ0) is 15.9. The van der Waals surface area contributed by atoms with Crippen molar-refractivity contribution in [2.75, 3.05) is 33.9 Å². The molecule has 1 saturated heterocycles. The van der Waals surface area contributed by atoms with E-state index in [1.165, 1.54) is 0 Å². The van der Waals surface area contributed by atoms with Crippen LogP contribution in [0.3, 0.4) is 0 Å². The summed E-state index contributed by atoms with van der Waals surface area (Å²) in [6.07, 6.45) is 3.10. The van der Waals surface area contributed by atoms with Gasteiger partial charge in [-0.25, -0.2) is 0 Å². The lowest BCUT2D eigenvalue weighted by Gasteiger charge is -2.25. The molecule has 0 bridgehead atoms. The van der Waals surface area contributed by atoms with Crippen LogP contribution < -0.4 is 14.8 Å². The maximum absolute atomic E-state index is 12.0. The standard InChI is InChI=1S/C17H26N2O3/c1-4-9-18-17(20)12-19-10-5-6-15(19)14-8-7-13(21-2)11-16(14)22-3/h7-8,11,15H,4-6,9-10,12H2,1-3H3,(H,18,20). The van der Waals surface area contributed by atoms with E-state index in [2.05, 4.69) is 17.1 Å². The van der Waals surface area contributed by atoms with Crippen LogP contribution in [-0.4, -0.2) is 44.7 Å². The molecule has 1 heterocycles. The Morgan fingerprint density at radius 2 is 2.18 bits per heavy atom. The normalized spacial score (nSPS) is 18.2. The molecule has 1 aromatic carbocycles. The molecular formula is C17H26N2O3. The third-order valence-electron chi connectivity index (χ3n) is 4.08. The fourth-order valence-electron chi connectivity index (χ4n) is 2.97. The Hall–Kier alpha value is -1.75. The van der Waals surface area contributed by atoms with E-state index in [0.717, 1.165) is 49.4 Å². The highest BCUT2D eigenvalue weighted by Crippen LogP contribution is 2.38. The molecule has 0 saturated carbocycles. The zero-order valence-electron chi connectivity index (χ0n) is 13.7. The van der Waals surface area contributed by atoms with Crippen molar-refractivity contribution >= 4 is 5.91 Å². The quantitative estimate of drug-likeness (QED) is 0.840. The first-order valence-electron chi connectivity index (χ1n) is 7.92. The summed E-state index contributed by atoms with van der Waals surface area (Å²) in [6.45, 7) is 4.18. The van der Waals surface area contributed by atoms with Crippen LogP contribution in [-0.2, 0) is 4.79 Å². The number of likely N-dealkylation sites (tertiary alicyclic amines) is 1. The first kappa shape index (κ1) is 16.6. The summed E-state index contributed by atoms with van der Waals surface area (Å²) in [5.74, 6) is 1.71. The lowest BCUT2D eigenvalue weighted by molar-refractivity contribution is -0.122. The molecule has 0 aliphatic carbocycles. The number of hydrogen-bond acceptors (Lipinski definition) is 4. The van der Waals surface area contributed by atoms with Crippen molar-refractivity contribution in [2.24, 2.45) is 0 Å². The van der Waals surface area contributed by atoms with Crippen molar-refractivity contribution in [3.8, 4) is 11.5 Å². The van der Waals surface area contributed by atoms with Gasteiger partial charge in [0.2, 0.25) is 5.91 Å². The molecule has 5 heteroatoms. The average Bonchev–Trinajstić information content (AvgIpc) is 3.00. The van der Waals surface area contributed by atoms with E-state index in [-0.39, 0.29) is 11.9 Å². The minimum atomic E-state index is 0.0984. The molecule has 22 heavy (non-hydrogen) atoms. The van der Waals surface area contributed by atoms with Gasteiger partial charge in [-0.15, -0.1) is 0 Å². The van der Waals surface area contributed by atoms with Gasteiger partial charge in [-0.2, -0.15) is 0 Å². The van der Waals surface area contributed by atoms with E-state index in [0.29, 0.717) is 6.54 Å². The largest absolute Gasteiger partial charge is 0.497 e. The Balaban J connectivity index is 2.11. The van der Waals surface area contributed by atoms with Crippen molar-refractivity contribution in [3.05, 3.63) is 23.8 Å². The van der Waals surface area contributed by atoms with Crippen LogP contribution >= 0.6 is 0 Å². The highest BCUT2D eigenvalue weighted by molar-refractivity contribution is 5.78. The second-order valence-electron chi connectivity index (χ2n) is 5.59. The maximum Gasteiger partial charge on any atom is 0.234 e. The molecule has 1 amide bonds. The van der Waals surface area contributed by atoms with E-state index in [1.54, 1.807) is 14.2 Å². The number of rotatable bonds is 7. The number of carbonyl (C=O) groups is 1. The number of benzene rings is 1. The molecular weight excluding hydrogens is 280 g/mol. The van der Waals surface area contributed by atoms with E-state index in [1.807, 2.05) is 18.2 Å².